The normalized spacial score (nSPS) is 11.8. The van der Waals surface area contributed by atoms with E-state index in [1.165, 1.54) is 180 Å². The molecule has 0 amide bonds. The summed E-state index contributed by atoms with van der Waals surface area (Å²) in [4.78, 5) is 18.8. The lowest BCUT2D eigenvalue weighted by Crippen LogP contribution is -2.42. The predicted molar refractivity (Wildman–Crippen MR) is 212 cm³/mol. The van der Waals surface area contributed by atoms with E-state index in [-0.39, 0.29) is 0 Å². The molecule has 0 aliphatic rings. The zero-order valence-electron chi connectivity index (χ0n) is 32.7. The lowest BCUT2D eigenvalue weighted by atomic mass is 10.0. The van der Waals surface area contributed by atoms with Gasteiger partial charge in [-0.3, -0.25) is 0 Å². The van der Waals surface area contributed by atoms with Crippen molar-refractivity contribution < 1.29 is 27.3 Å². The molecule has 0 rings (SSSR count). The third-order valence-corrected chi connectivity index (χ3v) is 14.1. The van der Waals surface area contributed by atoms with E-state index in [1.807, 2.05) is 12.2 Å². The van der Waals surface area contributed by atoms with E-state index in [0.29, 0.717) is 6.04 Å². The van der Waals surface area contributed by atoms with Crippen molar-refractivity contribution >= 4 is 17.6 Å². The Labute approximate surface area is 302 Å². The van der Waals surface area contributed by atoms with Gasteiger partial charge in [-0.1, -0.05) is 166 Å². The molecule has 0 radical (unpaired) electrons. The molecule has 0 fully saturated rings. The van der Waals surface area contributed by atoms with Crippen LogP contribution in [0.2, 0.25) is 12.1 Å². The lowest BCUT2D eigenvalue weighted by molar-refractivity contribution is 0.122. The van der Waals surface area contributed by atoms with Gasteiger partial charge in [-0.2, -0.15) is 0 Å². The number of unbranched alkanes of at least 4 members (excludes halogenated alkanes) is 28. The molecule has 0 saturated carbocycles. The van der Waals surface area contributed by atoms with E-state index in [1.54, 1.807) is 21.3 Å². The Morgan fingerprint density at radius 2 is 0.583 bits per heavy atom. The molecule has 6 nitrogen and oxygen atoms in total. The molecule has 0 aromatic rings. The molecule has 0 atom stereocenters. The smallest absolute Gasteiger partial charge is 0.390 e. The molecule has 288 valence electrons. The number of hydrogen-bond donors (Lipinski definition) is 2. The van der Waals surface area contributed by atoms with Crippen LogP contribution in [-0.4, -0.2) is 55.6 Å². The fraction of sp³-hybridized carbons (Fsp3) is 0.900. The average molecular weight is 717 g/mol. The SMILES string of the molecule is C=CCCCCCCCCCCCCCCCC[Si](O)(O)OC.C=CCCCCCCCCCCCCCCCC[Si](OC)(OC)OC. The van der Waals surface area contributed by atoms with Crippen LogP contribution in [0.3, 0.4) is 0 Å². The molecule has 48 heavy (non-hydrogen) atoms. The highest BCUT2D eigenvalue weighted by atomic mass is 28.4. The maximum Gasteiger partial charge on any atom is 0.500 e. The lowest BCUT2D eigenvalue weighted by Gasteiger charge is -2.24. The summed E-state index contributed by atoms with van der Waals surface area (Å²) in [5.41, 5.74) is 0. The van der Waals surface area contributed by atoms with Gasteiger partial charge in [0.25, 0.3) is 0 Å². The summed E-state index contributed by atoms with van der Waals surface area (Å²) < 4.78 is 21.1. The molecule has 0 aliphatic heterocycles. The Bertz CT molecular complexity index is 637. The van der Waals surface area contributed by atoms with Crippen LogP contribution >= 0.6 is 0 Å². The average Bonchev–Trinajstić information content (AvgIpc) is 3.10. The Kier molecular flexibility index (Phi) is 40.9. The van der Waals surface area contributed by atoms with Crippen LogP contribution in [-0.2, 0) is 17.7 Å². The van der Waals surface area contributed by atoms with Crippen molar-refractivity contribution in [1.29, 1.82) is 0 Å². The second-order valence-corrected chi connectivity index (χ2v) is 19.3. The van der Waals surface area contributed by atoms with Gasteiger partial charge in [-0.05, 0) is 38.5 Å². The predicted octanol–water partition coefficient (Wildman–Crippen LogP) is 12.5. The highest BCUT2D eigenvalue weighted by Crippen LogP contribution is 2.19. The summed E-state index contributed by atoms with van der Waals surface area (Å²) in [6.45, 7) is 7.52. The number of hydrogen-bond acceptors (Lipinski definition) is 6. The second-order valence-electron chi connectivity index (χ2n) is 13.8. The standard InChI is InChI=1S/C21H44O3Si.C19H40O3Si/c1-5-6-7-8-9-10-11-12-13-14-15-16-17-18-19-20-21-25(22-2,23-3)24-4;1-3-4-5-6-7-8-9-10-11-12-13-14-15-16-17-18-19-23(20,21)22-2/h5H,1,6-21H2,2-4H3;3,20-21H,1,4-19H2,2H3. The van der Waals surface area contributed by atoms with Gasteiger partial charge in [0, 0.05) is 40.5 Å². The van der Waals surface area contributed by atoms with Gasteiger partial charge < -0.3 is 27.3 Å². The molecule has 0 aromatic heterocycles. The molecule has 0 saturated heterocycles. The van der Waals surface area contributed by atoms with Crippen LogP contribution < -0.4 is 0 Å². The molecular weight excluding hydrogens is 633 g/mol. The molecule has 0 aromatic carbocycles. The summed E-state index contributed by atoms with van der Waals surface area (Å²) >= 11 is 0. The molecule has 0 bridgehead atoms. The monoisotopic (exact) mass is 717 g/mol. The zero-order valence-corrected chi connectivity index (χ0v) is 34.7. The van der Waals surface area contributed by atoms with Crippen molar-refractivity contribution in [2.75, 3.05) is 28.4 Å². The topological polar surface area (TPSA) is 77.4 Å². The highest BCUT2D eigenvalue weighted by molar-refractivity contribution is 6.60. The molecule has 8 heteroatoms. The van der Waals surface area contributed by atoms with Crippen molar-refractivity contribution in [1.82, 2.24) is 0 Å². The molecule has 0 aliphatic carbocycles. The van der Waals surface area contributed by atoms with E-state index in [2.05, 4.69) is 13.2 Å². The van der Waals surface area contributed by atoms with Crippen LogP contribution in [0.1, 0.15) is 193 Å². The second kappa shape index (κ2) is 39.5. The first kappa shape index (κ1) is 49.8. The molecular formula is C40H84O6Si2. The first-order valence-corrected chi connectivity index (χ1v) is 24.2. The molecule has 0 spiro atoms. The number of allylic oxidation sites excluding steroid dienone is 2. The Morgan fingerprint density at radius 3 is 0.812 bits per heavy atom. The van der Waals surface area contributed by atoms with Gasteiger partial charge >= 0.3 is 17.6 Å². The van der Waals surface area contributed by atoms with Gasteiger partial charge in [0.1, 0.15) is 0 Å². The van der Waals surface area contributed by atoms with Crippen LogP contribution in [0, 0.1) is 0 Å². The fourth-order valence-corrected chi connectivity index (χ4v) is 8.89. The fourth-order valence-electron chi connectivity index (χ4n) is 6.18. The van der Waals surface area contributed by atoms with E-state index in [4.69, 9.17) is 17.7 Å². The zero-order chi connectivity index (χ0) is 35.9. The summed E-state index contributed by atoms with van der Waals surface area (Å²) in [5.74, 6) is 0. The van der Waals surface area contributed by atoms with Crippen molar-refractivity contribution in [3.63, 3.8) is 0 Å². The van der Waals surface area contributed by atoms with E-state index < -0.39 is 17.6 Å². The number of rotatable bonds is 38. The minimum Gasteiger partial charge on any atom is -0.390 e. The van der Waals surface area contributed by atoms with Crippen molar-refractivity contribution in [3.05, 3.63) is 25.3 Å². The third kappa shape index (κ3) is 36.9. The van der Waals surface area contributed by atoms with E-state index >= 15 is 0 Å². The van der Waals surface area contributed by atoms with Crippen LogP contribution in [0.5, 0.6) is 0 Å². The summed E-state index contributed by atoms with van der Waals surface area (Å²) in [7, 11) is 0.856. The van der Waals surface area contributed by atoms with Crippen LogP contribution in [0.4, 0.5) is 0 Å². The highest BCUT2D eigenvalue weighted by Gasteiger charge is 2.36. The summed E-state index contributed by atoms with van der Waals surface area (Å²) in [6.07, 6.45) is 43.8. The quantitative estimate of drug-likeness (QED) is 0.0376. The van der Waals surface area contributed by atoms with Crippen molar-refractivity contribution in [3.8, 4) is 0 Å². The van der Waals surface area contributed by atoms with Crippen LogP contribution in [0.25, 0.3) is 0 Å². The van der Waals surface area contributed by atoms with E-state index in [9.17, 15) is 9.59 Å². The Hall–Kier alpha value is -0.326. The Balaban J connectivity index is 0. The van der Waals surface area contributed by atoms with Crippen molar-refractivity contribution in [2.24, 2.45) is 0 Å². The van der Waals surface area contributed by atoms with E-state index in [0.717, 1.165) is 25.3 Å². The third-order valence-electron chi connectivity index (χ3n) is 9.56. The van der Waals surface area contributed by atoms with Gasteiger partial charge in [-0.25, -0.2) is 0 Å². The van der Waals surface area contributed by atoms with Gasteiger partial charge in [0.05, 0.1) is 0 Å². The van der Waals surface area contributed by atoms with Gasteiger partial charge in [0.2, 0.25) is 0 Å². The maximum atomic E-state index is 9.41. The molecule has 0 heterocycles. The summed E-state index contributed by atoms with van der Waals surface area (Å²) in [5, 5.41) is 0. The van der Waals surface area contributed by atoms with Gasteiger partial charge in [-0.15, -0.1) is 13.2 Å². The van der Waals surface area contributed by atoms with Crippen LogP contribution in [0.15, 0.2) is 25.3 Å². The first-order chi connectivity index (χ1) is 23.4. The molecule has 2 N–H and O–H groups in total. The maximum absolute atomic E-state index is 9.41. The summed E-state index contributed by atoms with van der Waals surface area (Å²) in [6, 6.07) is 1.38. The minimum absolute atomic E-state index is 0.442. The first-order valence-electron chi connectivity index (χ1n) is 20.2. The Morgan fingerprint density at radius 1 is 0.354 bits per heavy atom. The largest absolute Gasteiger partial charge is 0.500 e. The van der Waals surface area contributed by atoms with Crippen molar-refractivity contribution in [2.45, 2.75) is 205 Å². The van der Waals surface area contributed by atoms with Gasteiger partial charge in [0.15, 0.2) is 0 Å². The molecule has 0 unspecified atom stereocenters. The minimum atomic E-state index is -3.29.